The van der Waals surface area contributed by atoms with E-state index in [4.69, 9.17) is 5.73 Å². The summed E-state index contributed by atoms with van der Waals surface area (Å²) >= 11 is 4.17. The van der Waals surface area contributed by atoms with Gasteiger partial charge < -0.3 is 5.73 Å². The second-order valence-corrected chi connectivity index (χ2v) is 3.90. The van der Waals surface area contributed by atoms with Crippen molar-refractivity contribution in [1.29, 1.82) is 0 Å². The Bertz CT molecular complexity index is 358. The lowest BCUT2D eigenvalue weighted by molar-refractivity contribution is 0.0997. The molecule has 1 aromatic rings. The smallest absolute Gasteiger partial charge is 0.249 e. The van der Waals surface area contributed by atoms with Gasteiger partial charge in [-0.05, 0) is 36.5 Å². The summed E-state index contributed by atoms with van der Waals surface area (Å²) in [6.07, 6.45) is 2.45. The molecule has 1 aliphatic carbocycles. The summed E-state index contributed by atoms with van der Waals surface area (Å²) in [5, 5.41) is 0. The molecule has 68 valence electrons. The quantitative estimate of drug-likeness (QED) is 0.693. The Morgan fingerprint density at radius 3 is 2.69 bits per heavy atom. The number of nitrogens with two attached hydrogens (primary N) is 1. The fourth-order valence-corrected chi connectivity index (χ4v) is 1.67. The highest BCUT2D eigenvalue weighted by Crippen LogP contribution is 2.40. The standard InChI is InChI=1S/C10H11NOS/c11-10(12)8-5-7(6-1-2-6)3-4-9(8)13/h3-6,13H,1-2H2,(H2,11,12). The Labute approximate surface area is 82.5 Å². The van der Waals surface area contributed by atoms with Crippen LogP contribution in [0.2, 0.25) is 0 Å². The lowest BCUT2D eigenvalue weighted by atomic mass is 10.1. The number of carbonyl (C=O) groups is 1. The van der Waals surface area contributed by atoms with Crippen molar-refractivity contribution >= 4 is 18.5 Å². The first kappa shape index (κ1) is 8.63. The number of thiol groups is 1. The molecule has 0 atom stereocenters. The second-order valence-electron chi connectivity index (χ2n) is 3.42. The molecule has 0 unspecified atom stereocenters. The first-order valence-corrected chi connectivity index (χ1v) is 4.76. The Morgan fingerprint density at radius 1 is 1.46 bits per heavy atom. The topological polar surface area (TPSA) is 43.1 Å². The van der Waals surface area contributed by atoms with Gasteiger partial charge >= 0.3 is 0 Å². The molecule has 0 saturated heterocycles. The maximum atomic E-state index is 11.0. The first-order valence-electron chi connectivity index (χ1n) is 4.31. The Kier molecular flexibility index (Phi) is 2.04. The van der Waals surface area contributed by atoms with Gasteiger partial charge in [-0.25, -0.2) is 0 Å². The third-order valence-electron chi connectivity index (χ3n) is 2.33. The second kappa shape index (κ2) is 3.07. The molecule has 0 aromatic heterocycles. The van der Waals surface area contributed by atoms with Crippen LogP contribution in [0.4, 0.5) is 0 Å². The van der Waals surface area contributed by atoms with Crippen molar-refractivity contribution in [2.75, 3.05) is 0 Å². The monoisotopic (exact) mass is 193 g/mol. The van der Waals surface area contributed by atoms with Gasteiger partial charge in [0, 0.05) is 4.90 Å². The van der Waals surface area contributed by atoms with Crippen molar-refractivity contribution in [1.82, 2.24) is 0 Å². The minimum Gasteiger partial charge on any atom is -0.366 e. The van der Waals surface area contributed by atoms with Crippen molar-refractivity contribution in [3.63, 3.8) is 0 Å². The van der Waals surface area contributed by atoms with Crippen LogP contribution < -0.4 is 5.73 Å². The molecule has 1 aromatic carbocycles. The SMILES string of the molecule is NC(=O)c1cc(C2CC2)ccc1S. The van der Waals surface area contributed by atoms with E-state index in [0.29, 0.717) is 16.4 Å². The molecule has 1 fully saturated rings. The molecule has 2 nitrogen and oxygen atoms in total. The van der Waals surface area contributed by atoms with Crippen molar-refractivity contribution in [2.45, 2.75) is 23.7 Å². The van der Waals surface area contributed by atoms with Crippen molar-refractivity contribution in [2.24, 2.45) is 5.73 Å². The summed E-state index contributed by atoms with van der Waals surface area (Å²) in [4.78, 5) is 11.7. The van der Waals surface area contributed by atoms with E-state index < -0.39 is 5.91 Å². The minimum atomic E-state index is -0.396. The van der Waals surface area contributed by atoms with Gasteiger partial charge in [0.2, 0.25) is 5.91 Å². The number of primary amides is 1. The molecule has 1 amide bonds. The van der Waals surface area contributed by atoms with Crippen LogP contribution in [0, 0.1) is 0 Å². The zero-order valence-electron chi connectivity index (χ0n) is 7.16. The highest BCUT2D eigenvalue weighted by molar-refractivity contribution is 7.80. The number of carbonyl (C=O) groups excluding carboxylic acids is 1. The molecule has 0 spiro atoms. The van der Waals surface area contributed by atoms with Gasteiger partial charge in [0.25, 0.3) is 0 Å². The third kappa shape index (κ3) is 1.70. The van der Waals surface area contributed by atoms with Gasteiger partial charge in [-0.15, -0.1) is 12.6 Å². The van der Waals surface area contributed by atoms with E-state index in [1.807, 2.05) is 18.2 Å². The van der Waals surface area contributed by atoms with E-state index in [1.54, 1.807) is 0 Å². The zero-order valence-corrected chi connectivity index (χ0v) is 8.05. The highest BCUT2D eigenvalue weighted by atomic mass is 32.1. The third-order valence-corrected chi connectivity index (χ3v) is 2.72. The first-order chi connectivity index (χ1) is 6.18. The van der Waals surface area contributed by atoms with Crippen LogP contribution in [0.3, 0.4) is 0 Å². The Hall–Kier alpha value is -0.960. The van der Waals surface area contributed by atoms with Crippen LogP contribution in [0.25, 0.3) is 0 Å². The summed E-state index contributed by atoms with van der Waals surface area (Å²) < 4.78 is 0. The van der Waals surface area contributed by atoms with Crippen molar-refractivity contribution in [3.05, 3.63) is 29.3 Å². The van der Waals surface area contributed by atoms with Crippen LogP contribution >= 0.6 is 12.6 Å². The Balaban J connectivity index is 2.41. The number of hydrogen-bond donors (Lipinski definition) is 2. The zero-order chi connectivity index (χ0) is 9.42. The molecule has 2 N–H and O–H groups in total. The normalized spacial score (nSPS) is 15.8. The molecule has 0 radical (unpaired) electrons. The predicted molar refractivity (Wildman–Crippen MR) is 54.2 cm³/mol. The maximum Gasteiger partial charge on any atom is 0.249 e. The predicted octanol–water partition coefficient (Wildman–Crippen LogP) is 1.95. The number of amides is 1. The van der Waals surface area contributed by atoms with E-state index in [0.717, 1.165) is 0 Å². The molecule has 0 aliphatic heterocycles. The summed E-state index contributed by atoms with van der Waals surface area (Å²) in [6, 6.07) is 5.73. The number of rotatable bonds is 2. The largest absolute Gasteiger partial charge is 0.366 e. The fourth-order valence-electron chi connectivity index (χ4n) is 1.42. The molecular formula is C10H11NOS. The molecule has 0 heterocycles. The van der Waals surface area contributed by atoms with Crippen LogP contribution in [0.15, 0.2) is 23.1 Å². The van der Waals surface area contributed by atoms with Crippen molar-refractivity contribution < 1.29 is 4.79 Å². The van der Waals surface area contributed by atoms with Crippen LogP contribution in [0.5, 0.6) is 0 Å². The molecule has 13 heavy (non-hydrogen) atoms. The van der Waals surface area contributed by atoms with E-state index in [-0.39, 0.29) is 0 Å². The lowest BCUT2D eigenvalue weighted by Gasteiger charge is -2.03. The molecule has 1 saturated carbocycles. The van der Waals surface area contributed by atoms with E-state index in [1.165, 1.54) is 18.4 Å². The summed E-state index contributed by atoms with van der Waals surface area (Å²) in [5.74, 6) is 0.250. The van der Waals surface area contributed by atoms with E-state index >= 15 is 0 Å². The summed E-state index contributed by atoms with van der Waals surface area (Å²) in [6.45, 7) is 0. The summed E-state index contributed by atoms with van der Waals surface area (Å²) in [5.41, 5.74) is 6.97. The van der Waals surface area contributed by atoms with Gasteiger partial charge in [-0.2, -0.15) is 0 Å². The van der Waals surface area contributed by atoms with Gasteiger partial charge in [-0.3, -0.25) is 4.79 Å². The molecule has 0 bridgehead atoms. The highest BCUT2D eigenvalue weighted by Gasteiger charge is 2.24. The van der Waals surface area contributed by atoms with Crippen molar-refractivity contribution in [3.8, 4) is 0 Å². The maximum absolute atomic E-state index is 11.0. The van der Waals surface area contributed by atoms with Gasteiger partial charge in [0.05, 0.1) is 5.56 Å². The van der Waals surface area contributed by atoms with Gasteiger partial charge in [-0.1, -0.05) is 6.07 Å². The molecule has 1 aliphatic rings. The van der Waals surface area contributed by atoms with E-state index in [9.17, 15) is 4.79 Å². The fraction of sp³-hybridized carbons (Fsp3) is 0.300. The summed E-state index contributed by atoms with van der Waals surface area (Å²) in [7, 11) is 0. The lowest BCUT2D eigenvalue weighted by Crippen LogP contribution is -2.12. The average Bonchev–Trinajstić information content (AvgIpc) is 2.87. The molecule has 3 heteroatoms. The van der Waals surface area contributed by atoms with Crippen LogP contribution in [-0.2, 0) is 0 Å². The van der Waals surface area contributed by atoms with Gasteiger partial charge in [0.1, 0.15) is 0 Å². The molecule has 2 rings (SSSR count). The van der Waals surface area contributed by atoms with Crippen LogP contribution in [-0.4, -0.2) is 5.91 Å². The number of hydrogen-bond acceptors (Lipinski definition) is 2. The Morgan fingerprint density at radius 2 is 2.15 bits per heavy atom. The van der Waals surface area contributed by atoms with Crippen LogP contribution in [0.1, 0.15) is 34.7 Å². The van der Waals surface area contributed by atoms with Gasteiger partial charge in [0.15, 0.2) is 0 Å². The number of benzene rings is 1. The van der Waals surface area contributed by atoms with E-state index in [2.05, 4.69) is 12.6 Å². The molecular weight excluding hydrogens is 182 g/mol. The average molecular weight is 193 g/mol. The minimum absolute atomic E-state index is 0.396.